The van der Waals surface area contributed by atoms with E-state index >= 15 is 0 Å². The Morgan fingerprint density at radius 1 is 1.20 bits per heavy atom. The molecule has 0 saturated carbocycles. The number of carboxylic acid groups (broad SMARTS) is 1. The van der Waals surface area contributed by atoms with Gasteiger partial charge >= 0.3 is 12.0 Å². The Kier molecular flexibility index (Phi) is 7.36. The van der Waals surface area contributed by atoms with Gasteiger partial charge in [0, 0.05) is 26.1 Å². The molecule has 0 aliphatic carbocycles. The van der Waals surface area contributed by atoms with Gasteiger partial charge in [-0.2, -0.15) is 0 Å². The summed E-state index contributed by atoms with van der Waals surface area (Å²) >= 11 is 0. The van der Waals surface area contributed by atoms with Crippen molar-refractivity contribution in [2.24, 2.45) is 11.8 Å². The highest BCUT2D eigenvalue weighted by Gasteiger charge is 2.17. The molecule has 1 heterocycles. The lowest BCUT2D eigenvalue weighted by Crippen LogP contribution is -2.50. The number of aliphatic carboxylic acids is 1. The summed E-state index contributed by atoms with van der Waals surface area (Å²) in [6.07, 6.45) is 4.33. The number of hydrogen-bond donors (Lipinski definition) is 3. The third-order valence-corrected chi connectivity index (χ3v) is 3.44. The van der Waals surface area contributed by atoms with Crippen molar-refractivity contribution in [2.75, 3.05) is 19.6 Å². The van der Waals surface area contributed by atoms with Gasteiger partial charge in [-0.05, 0) is 31.1 Å². The lowest BCUT2D eigenvalue weighted by Gasteiger charge is -2.27. The van der Waals surface area contributed by atoms with Crippen LogP contribution in [0.4, 0.5) is 4.79 Å². The molecule has 1 aliphatic heterocycles. The quantitative estimate of drug-likeness (QED) is 0.666. The van der Waals surface area contributed by atoms with Crippen LogP contribution in [-0.4, -0.2) is 41.8 Å². The van der Waals surface area contributed by atoms with Gasteiger partial charge in [0.1, 0.15) is 0 Å². The first-order valence-electron chi connectivity index (χ1n) is 7.48. The Morgan fingerprint density at radius 2 is 1.85 bits per heavy atom. The molecule has 0 aromatic heterocycles. The minimum absolute atomic E-state index is 0.0143. The number of urea groups is 1. The molecule has 0 bridgehead atoms. The van der Waals surface area contributed by atoms with E-state index in [9.17, 15) is 9.59 Å². The third-order valence-electron chi connectivity index (χ3n) is 3.44. The first-order chi connectivity index (χ1) is 9.47. The van der Waals surface area contributed by atoms with E-state index in [0.29, 0.717) is 12.5 Å². The zero-order valence-corrected chi connectivity index (χ0v) is 12.5. The summed E-state index contributed by atoms with van der Waals surface area (Å²) in [5.74, 6) is -0.403. The van der Waals surface area contributed by atoms with E-state index < -0.39 is 5.97 Å². The van der Waals surface area contributed by atoms with Gasteiger partial charge in [0.2, 0.25) is 0 Å². The number of nitrogens with one attached hydrogen (secondary N) is 2. The molecule has 1 atom stereocenters. The van der Waals surface area contributed by atoms with Crippen LogP contribution in [0.1, 0.15) is 46.0 Å². The van der Waals surface area contributed by atoms with Gasteiger partial charge in [0.25, 0.3) is 0 Å². The molecule has 0 radical (unpaired) electrons. The average molecular weight is 285 g/mol. The number of nitrogens with zero attached hydrogens (tertiary/aromatic N) is 1. The fourth-order valence-electron chi connectivity index (χ4n) is 2.58. The van der Waals surface area contributed by atoms with E-state index in [2.05, 4.69) is 24.6 Å². The van der Waals surface area contributed by atoms with Gasteiger partial charge in [0.15, 0.2) is 0 Å². The van der Waals surface area contributed by atoms with Crippen LogP contribution >= 0.6 is 0 Å². The summed E-state index contributed by atoms with van der Waals surface area (Å²) in [6, 6.07) is -0.231. The van der Waals surface area contributed by atoms with E-state index in [0.717, 1.165) is 32.4 Å². The summed E-state index contributed by atoms with van der Waals surface area (Å²) in [6.45, 7) is 6.30. The molecule has 1 rings (SSSR count). The normalized spacial score (nSPS) is 17.8. The number of carbonyl (C=O) groups is 2. The van der Waals surface area contributed by atoms with Crippen LogP contribution < -0.4 is 10.7 Å². The van der Waals surface area contributed by atoms with Gasteiger partial charge in [-0.15, -0.1) is 0 Å². The monoisotopic (exact) mass is 285 g/mol. The Balaban J connectivity index is 2.29. The van der Waals surface area contributed by atoms with E-state index in [1.165, 1.54) is 6.42 Å². The molecule has 1 saturated heterocycles. The molecular weight excluding hydrogens is 258 g/mol. The van der Waals surface area contributed by atoms with Crippen molar-refractivity contribution in [1.29, 1.82) is 0 Å². The highest BCUT2D eigenvalue weighted by molar-refractivity contribution is 5.73. The van der Waals surface area contributed by atoms with Gasteiger partial charge in [-0.3, -0.25) is 10.2 Å². The topological polar surface area (TPSA) is 81.7 Å². The van der Waals surface area contributed by atoms with Gasteiger partial charge < -0.3 is 10.4 Å². The zero-order valence-electron chi connectivity index (χ0n) is 12.5. The molecule has 6 nitrogen and oxygen atoms in total. The van der Waals surface area contributed by atoms with E-state index in [-0.39, 0.29) is 18.4 Å². The SMILES string of the molecule is CC(C)CC(CNC(=O)NN1CCCCC1)CC(=O)O. The minimum atomic E-state index is -0.811. The van der Waals surface area contributed by atoms with Crippen molar-refractivity contribution in [1.82, 2.24) is 15.8 Å². The Hall–Kier alpha value is -1.30. The lowest BCUT2D eigenvalue weighted by molar-refractivity contribution is -0.138. The van der Waals surface area contributed by atoms with E-state index in [4.69, 9.17) is 5.11 Å². The summed E-state index contributed by atoms with van der Waals surface area (Å²) in [5.41, 5.74) is 2.82. The molecule has 3 N–H and O–H groups in total. The summed E-state index contributed by atoms with van der Waals surface area (Å²) in [7, 11) is 0. The number of carbonyl (C=O) groups excluding carboxylic acids is 1. The van der Waals surface area contributed by atoms with Crippen LogP contribution in [0.5, 0.6) is 0 Å². The molecule has 2 amide bonds. The first kappa shape index (κ1) is 16.8. The van der Waals surface area contributed by atoms with Gasteiger partial charge in [-0.25, -0.2) is 9.80 Å². The third kappa shape index (κ3) is 7.33. The average Bonchev–Trinajstić information content (AvgIpc) is 2.36. The van der Waals surface area contributed by atoms with Crippen LogP contribution in [0.25, 0.3) is 0 Å². The molecule has 1 fully saturated rings. The smallest absolute Gasteiger partial charge is 0.329 e. The summed E-state index contributed by atoms with van der Waals surface area (Å²) < 4.78 is 0. The highest BCUT2D eigenvalue weighted by atomic mass is 16.4. The second-order valence-corrected chi connectivity index (χ2v) is 5.96. The largest absolute Gasteiger partial charge is 0.481 e. The molecule has 0 aromatic carbocycles. The van der Waals surface area contributed by atoms with E-state index in [1.54, 1.807) is 0 Å². The number of rotatable bonds is 7. The van der Waals surface area contributed by atoms with Crippen molar-refractivity contribution in [3.8, 4) is 0 Å². The zero-order chi connectivity index (χ0) is 15.0. The molecule has 0 aromatic rings. The van der Waals surface area contributed by atoms with Crippen molar-refractivity contribution in [3.63, 3.8) is 0 Å². The number of piperidine rings is 1. The fraction of sp³-hybridized carbons (Fsp3) is 0.857. The Bertz CT molecular complexity index is 315. The van der Waals surface area contributed by atoms with Crippen LogP contribution in [-0.2, 0) is 4.79 Å². The second kappa shape index (κ2) is 8.79. The van der Waals surface area contributed by atoms with Crippen LogP contribution in [0.3, 0.4) is 0 Å². The van der Waals surface area contributed by atoms with Crippen molar-refractivity contribution in [3.05, 3.63) is 0 Å². The predicted molar refractivity (Wildman–Crippen MR) is 77.2 cm³/mol. The molecule has 0 spiro atoms. The van der Waals surface area contributed by atoms with Crippen LogP contribution in [0.15, 0.2) is 0 Å². The van der Waals surface area contributed by atoms with Crippen LogP contribution in [0, 0.1) is 11.8 Å². The maximum atomic E-state index is 11.8. The molecule has 1 unspecified atom stereocenters. The van der Waals surface area contributed by atoms with Gasteiger partial charge in [-0.1, -0.05) is 20.3 Å². The maximum Gasteiger partial charge on any atom is 0.329 e. The minimum Gasteiger partial charge on any atom is -0.481 e. The lowest BCUT2D eigenvalue weighted by atomic mass is 9.94. The molecule has 6 heteroatoms. The van der Waals surface area contributed by atoms with Gasteiger partial charge in [0.05, 0.1) is 0 Å². The maximum absolute atomic E-state index is 11.8. The number of amides is 2. The number of hydrazine groups is 1. The molecule has 20 heavy (non-hydrogen) atoms. The second-order valence-electron chi connectivity index (χ2n) is 5.96. The fourth-order valence-corrected chi connectivity index (χ4v) is 2.58. The summed E-state index contributed by atoms with van der Waals surface area (Å²) in [5, 5.41) is 13.6. The Labute approximate surface area is 120 Å². The summed E-state index contributed by atoms with van der Waals surface area (Å²) in [4.78, 5) is 22.6. The first-order valence-corrected chi connectivity index (χ1v) is 7.48. The molecule has 1 aliphatic rings. The van der Waals surface area contributed by atoms with Crippen molar-refractivity contribution < 1.29 is 14.7 Å². The van der Waals surface area contributed by atoms with Crippen molar-refractivity contribution in [2.45, 2.75) is 46.0 Å². The number of hydrogen-bond acceptors (Lipinski definition) is 3. The molecule has 116 valence electrons. The Morgan fingerprint density at radius 3 is 2.40 bits per heavy atom. The van der Waals surface area contributed by atoms with Crippen LogP contribution in [0.2, 0.25) is 0 Å². The molecular formula is C14H27N3O3. The predicted octanol–water partition coefficient (Wildman–Crippen LogP) is 1.82. The van der Waals surface area contributed by atoms with Crippen molar-refractivity contribution >= 4 is 12.0 Å². The van der Waals surface area contributed by atoms with E-state index in [1.807, 2.05) is 5.01 Å². The highest BCUT2D eigenvalue weighted by Crippen LogP contribution is 2.14. The standard InChI is InChI=1S/C14H27N3O3/c1-11(2)8-12(9-13(18)19)10-15-14(20)16-17-6-4-3-5-7-17/h11-12H,3-10H2,1-2H3,(H,18,19)(H2,15,16,20). The number of carboxylic acids is 1.